The minimum absolute atomic E-state index is 0.0252. The number of aliphatic hydroxyl groups excluding tert-OH is 1. The van der Waals surface area contributed by atoms with Crippen LogP contribution in [0.5, 0.6) is 0 Å². The molecule has 0 bridgehead atoms. The highest BCUT2D eigenvalue weighted by Gasteiger charge is 2.25. The third-order valence-electron chi connectivity index (χ3n) is 2.93. The lowest BCUT2D eigenvalue weighted by Crippen LogP contribution is -2.46. The molecule has 1 rings (SSSR count). The third kappa shape index (κ3) is 4.21. The maximum atomic E-state index is 11.5. The lowest BCUT2D eigenvalue weighted by atomic mass is 9.91. The van der Waals surface area contributed by atoms with Gasteiger partial charge in [0.2, 0.25) is 5.91 Å². The van der Waals surface area contributed by atoms with Crippen LogP contribution in [0.1, 0.15) is 25.7 Å². The van der Waals surface area contributed by atoms with Crippen molar-refractivity contribution in [3.63, 3.8) is 0 Å². The van der Waals surface area contributed by atoms with E-state index < -0.39 is 0 Å². The summed E-state index contributed by atoms with van der Waals surface area (Å²) in [5, 5.41) is 11.5. The van der Waals surface area contributed by atoms with Gasteiger partial charge in [-0.25, -0.2) is 0 Å². The smallest absolute Gasteiger partial charge is 0.234 e. The van der Waals surface area contributed by atoms with Crippen molar-refractivity contribution in [2.75, 3.05) is 26.2 Å². The van der Waals surface area contributed by atoms with Gasteiger partial charge in [0.15, 0.2) is 0 Å². The zero-order valence-corrected chi connectivity index (χ0v) is 9.61. The van der Waals surface area contributed by atoms with Crippen molar-refractivity contribution in [1.82, 2.24) is 10.2 Å². The van der Waals surface area contributed by atoms with Gasteiger partial charge in [0, 0.05) is 19.2 Å². The van der Waals surface area contributed by atoms with Gasteiger partial charge in [-0.05, 0) is 19.3 Å². The molecule has 0 atom stereocenters. The molecule has 0 aliphatic heterocycles. The predicted molar refractivity (Wildman–Crippen MR) is 62.8 cm³/mol. The Labute approximate surface area is 97.0 Å². The maximum absolute atomic E-state index is 11.5. The summed E-state index contributed by atoms with van der Waals surface area (Å²) >= 11 is 0. The fourth-order valence-corrected chi connectivity index (χ4v) is 1.81. The molecule has 0 heterocycles. The van der Waals surface area contributed by atoms with Gasteiger partial charge >= 0.3 is 0 Å². The highest BCUT2D eigenvalue weighted by Crippen LogP contribution is 2.24. The summed E-state index contributed by atoms with van der Waals surface area (Å²) in [6.45, 7) is 1.64. The van der Waals surface area contributed by atoms with Gasteiger partial charge in [0.25, 0.3) is 0 Å². The average molecular weight is 224 g/mol. The van der Waals surface area contributed by atoms with Crippen molar-refractivity contribution in [3.8, 4) is 12.3 Å². The van der Waals surface area contributed by atoms with Crippen LogP contribution in [0.15, 0.2) is 0 Å². The highest BCUT2D eigenvalue weighted by molar-refractivity contribution is 5.78. The van der Waals surface area contributed by atoms with E-state index in [1.807, 2.05) is 0 Å². The number of amides is 1. The van der Waals surface area contributed by atoms with Gasteiger partial charge in [-0.3, -0.25) is 9.69 Å². The van der Waals surface area contributed by atoms with Crippen molar-refractivity contribution >= 4 is 5.91 Å². The van der Waals surface area contributed by atoms with Crippen molar-refractivity contribution in [2.24, 2.45) is 0 Å². The number of terminal acetylenes is 1. The lowest BCUT2D eigenvalue weighted by Gasteiger charge is -2.37. The normalized spacial score (nSPS) is 15.6. The number of nitrogens with zero attached hydrogens (tertiary/aromatic N) is 1. The number of carbonyl (C=O) groups is 1. The van der Waals surface area contributed by atoms with E-state index >= 15 is 0 Å². The summed E-state index contributed by atoms with van der Waals surface area (Å²) in [5.74, 6) is 2.36. The van der Waals surface area contributed by atoms with Crippen LogP contribution in [0.2, 0.25) is 0 Å². The zero-order valence-electron chi connectivity index (χ0n) is 9.61. The second kappa shape index (κ2) is 7.26. The molecule has 2 N–H and O–H groups in total. The first kappa shape index (κ1) is 13.0. The van der Waals surface area contributed by atoms with E-state index in [0.717, 1.165) is 25.8 Å². The van der Waals surface area contributed by atoms with Gasteiger partial charge in [-0.15, -0.1) is 6.42 Å². The van der Waals surface area contributed by atoms with E-state index in [0.29, 0.717) is 12.6 Å². The Morgan fingerprint density at radius 2 is 2.31 bits per heavy atom. The number of rotatable bonds is 7. The van der Waals surface area contributed by atoms with Crippen LogP contribution < -0.4 is 5.32 Å². The molecular weight excluding hydrogens is 204 g/mol. The molecule has 0 saturated heterocycles. The molecule has 0 aromatic heterocycles. The van der Waals surface area contributed by atoms with Gasteiger partial charge in [-0.1, -0.05) is 12.3 Å². The fraction of sp³-hybridized carbons (Fsp3) is 0.750. The van der Waals surface area contributed by atoms with Crippen molar-refractivity contribution in [2.45, 2.75) is 31.7 Å². The van der Waals surface area contributed by atoms with Gasteiger partial charge in [-0.2, -0.15) is 0 Å². The summed E-state index contributed by atoms with van der Waals surface area (Å²) in [7, 11) is 0. The maximum Gasteiger partial charge on any atom is 0.234 e. The summed E-state index contributed by atoms with van der Waals surface area (Å²) in [6.07, 6.45) is 9.36. The van der Waals surface area contributed by atoms with Gasteiger partial charge in [0.1, 0.15) is 0 Å². The molecule has 0 aromatic carbocycles. The molecule has 4 heteroatoms. The standard InChI is InChI=1S/C12H20N2O2/c1-2-7-13-12(16)10-14(8-4-9-15)11-5-3-6-11/h1,11,15H,3-10H2,(H,13,16). The summed E-state index contributed by atoms with van der Waals surface area (Å²) in [5.41, 5.74) is 0. The molecule has 1 aliphatic carbocycles. The minimum Gasteiger partial charge on any atom is -0.396 e. The van der Waals surface area contributed by atoms with Crippen molar-refractivity contribution in [3.05, 3.63) is 0 Å². The molecule has 1 amide bonds. The van der Waals surface area contributed by atoms with E-state index in [4.69, 9.17) is 11.5 Å². The summed E-state index contributed by atoms with van der Waals surface area (Å²) in [6, 6.07) is 0.517. The summed E-state index contributed by atoms with van der Waals surface area (Å²) < 4.78 is 0. The van der Waals surface area contributed by atoms with E-state index in [2.05, 4.69) is 16.1 Å². The number of carbonyl (C=O) groups excluding carboxylic acids is 1. The largest absolute Gasteiger partial charge is 0.396 e. The number of nitrogens with one attached hydrogen (secondary N) is 1. The Morgan fingerprint density at radius 3 is 2.81 bits per heavy atom. The molecular formula is C12H20N2O2. The first-order valence-corrected chi connectivity index (χ1v) is 5.83. The lowest BCUT2D eigenvalue weighted by molar-refractivity contribution is -0.123. The van der Waals surface area contributed by atoms with Crippen molar-refractivity contribution in [1.29, 1.82) is 0 Å². The monoisotopic (exact) mass is 224 g/mol. The van der Waals surface area contributed by atoms with Crippen LogP contribution in [0, 0.1) is 12.3 Å². The zero-order chi connectivity index (χ0) is 11.8. The molecule has 0 aromatic rings. The Bertz CT molecular complexity index is 256. The van der Waals surface area contributed by atoms with Crippen LogP contribution >= 0.6 is 0 Å². The number of hydrogen-bond acceptors (Lipinski definition) is 3. The molecule has 0 radical (unpaired) electrons. The van der Waals surface area contributed by atoms with Crippen LogP contribution in [0.4, 0.5) is 0 Å². The van der Waals surface area contributed by atoms with E-state index in [1.54, 1.807) is 0 Å². The minimum atomic E-state index is -0.0252. The molecule has 4 nitrogen and oxygen atoms in total. The second-order valence-electron chi connectivity index (χ2n) is 4.11. The van der Waals surface area contributed by atoms with Crippen LogP contribution in [0.3, 0.4) is 0 Å². The summed E-state index contributed by atoms with van der Waals surface area (Å²) in [4.78, 5) is 13.7. The molecule has 1 fully saturated rings. The molecule has 1 aliphatic rings. The Morgan fingerprint density at radius 1 is 1.56 bits per heavy atom. The topological polar surface area (TPSA) is 52.6 Å². The third-order valence-corrected chi connectivity index (χ3v) is 2.93. The van der Waals surface area contributed by atoms with Crippen LogP contribution in [-0.2, 0) is 4.79 Å². The molecule has 16 heavy (non-hydrogen) atoms. The Balaban J connectivity index is 2.30. The first-order valence-electron chi connectivity index (χ1n) is 5.83. The van der Waals surface area contributed by atoms with E-state index in [-0.39, 0.29) is 19.1 Å². The molecule has 0 spiro atoms. The van der Waals surface area contributed by atoms with E-state index in [1.165, 1.54) is 6.42 Å². The number of hydrogen-bond donors (Lipinski definition) is 2. The highest BCUT2D eigenvalue weighted by atomic mass is 16.3. The fourth-order valence-electron chi connectivity index (χ4n) is 1.81. The molecule has 1 saturated carbocycles. The average Bonchev–Trinajstić information content (AvgIpc) is 2.20. The number of aliphatic hydroxyl groups is 1. The quantitative estimate of drug-likeness (QED) is 0.597. The van der Waals surface area contributed by atoms with Gasteiger partial charge in [0.05, 0.1) is 13.1 Å². The van der Waals surface area contributed by atoms with E-state index in [9.17, 15) is 4.79 Å². The first-order chi connectivity index (χ1) is 7.77. The molecule has 90 valence electrons. The Kier molecular flexibility index (Phi) is 5.91. The van der Waals surface area contributed by atoms with Gasteiger partial charge < -0.3 is 10.4 Å². The molecule has 0 unspecified atom stereocenters. The Hall–Kier alpha value is -1.05. The SMILES string of the molecule is C#CCNC(=O)CN(CCCO)C1CCC1. The predicted octanol–water partition coefficient (Wildman–Crippen LogP) is -0.0273. The second-order valence-corrected chi connectivity index (χ2v) is 4.11. The van der Waals surface area contributed by atoms with Crippen LogP contribution in [0.25, 0.3) is 0 Å². The van der Waals surface area contributed by atoms with Crippen molar-refractivity contribution < 1.29 is 9.90 Å². The van der Waals surface area contributed by atoms with Crippen LogP contribution in [-0.4, -0.2) is 48.2 Å².